The van der Waals surface area contributed by atoms with Crippen LogP contribution in [0.15, 0.2) is 49.1 Å². The number of aromatic nitrogens is 1. The molecule has 0 atom stereocenters. The molecule has 0 radical (unpaired) electrons. The van der Waals surface area contributed by atoms with Gasteiger partial charge < -0.3 is 24.6 Å². The molecule has 2 aliphatic heterocycles. The first-order valence-electron chi connectivity index (χ1n) is 13.3. The molecule has 2 aliphatic rings. The van der Waals surface area contributed by atoms with Gasteiger partial charge in [0.1, 0.15) is 0 Å². The number of rotatable bonds is 11. The molecule has 0 saturated carbocycles. The number of benzene rings is 1. The summed E-state index contributed by atoms with van der Waals surface area (Å²) in [6.07, 6.45) is 9.63. The fraction of sp³-hybridized carbons (Fsp3) is 0.500. The van der Waals surface area contributed by atoms with Crippen molar-refractivity contribution >= 4 is 22.2 Å². The Morgan fingerprint density at radius 3 is 2.56 bits per heavy atom. The predicted octanol–water partition coefficient (Wildman–Crippen LogP) is 5.76. The van der Waals surface area contributed by atoms with Gasteiger partial charge in [-0.05, 0) is 90.0 Å². The van der Waals surface area contributed by atoms with E-state index < -0.39 is 0 Å². The molecule has 0 unspecified atom stereocenters. The van der Waals surface area contributed by atoms with Gasteiger partial charge in [0.05, 0.1) is 24.9 Å². The van der Waals surface area contributed by atoms with Gasteiger partial charge in [-0.15, -0.1) is 0 Å². The molecule has 0 bridgehead atoms. The van der Waals surface area contributed by atoms with E-state index in [1.165, 1.54) is 25.9 Å². The molecule has 6 nitrogen and oxygen atoms in total. The molecule has 2 aromatic rings. The zero-order valence-electron chi connectivity index (χ0n) is 22.3. The second-order valence-electron chi connectivity index (χ2n) is 10.1. The van der Waals surface area contributed by atoms with Crippen LogP contribution in [0.2, 0.25) is 0 Å². The highest BCUT2D eigenvalue weighted by Crippen LogP contribution is 2.37. The normalized spacial score (nSPS) is 17.9. The van der Waals surface area contributed by atoms with E-state index in [1.807, 2.05) is 19.1 Å². The number of likely N-dealkylation sites (tertiary alicyclic amines) is 2. The zero-order valence-corrected chi connectivity index (χ0v) is 22.3. The Balaban J connectivity index is 1.65. The van der Waals surface area contributed by atoms with Crippen molar-refractivity contribution in [2.75, 3.05) is 58.8 Å². The third kappa shape index (κ3) is 6.48. The molecule has 2 saturated heterocycles. The SMILES string of the molecule is C=C/C=C(\C(=C)C)c1cc(NC2CCN(C)CC2)c2cc(OC)c(OCCCN3CCCC3)cc2n1. The summed E-state index contributed by atoms with van der Waals surface area (Å²) >= 11 is 0. The minimum absolute atomic E-state index is 0.420. The standard InChI is InChI=1S/C30H42N4O2/c1-6-10-24(22(2)3)26-20-27(31-23-11-16-33(4)17-12-23)25-19-29(35-5)30(21-28(25)32-26)36-18-9-15-34-13-7-8-14-34/h6,10,19-21,23H,1-2,7-9,11-18H2,3-5H3,(H,31,32)/b24-10+. The Hall–Kier alpha value is -2.83. The highest BCUT2D eigenvalue weighted by atomic mass is 16.5. The van der Waals surface area contributed by atoms with Gasteiger partial charge in [-0.1, -0.05) is 25.3 Å². The number of nitrogens with one attached hydrogen (secondary N) is 1. The largest absolute Gasteiger partial charge is 0.493 e. The summed E-state index contributed by atoms with van der Waals surface area (Å²) in [5.41, 5.74) is 4.78. The second kappa shape index (κ2) is 12.4. The maximum absolute atomic E-state index is 6.23. The maximum atomic E-state index is 6.23. The highest BCUT2D eigenvalue weighted by molar-refractivity contribution is 5.96. The van der Waals surface area contributed by atoms with E-state index in [2.05, 4.69) is 47.5 Å². The van der Waals surface area contributed by atoms with Gasteiger partial charge in [0, 0.05) is 35.3 Å². The number of methoxy groups -OCH3 is 1. The van der Waals surface area contributed by atoms with Gasteiger partial charge >= 0.3 is 0 Å². The number of fused-ring (bicyclic) bond motifs is 1. The van der Waals surface area contributed by atoms with Crippen molar-refractivity contribution in [1.29, 1.82) is 0 Å². The average Bonchev–Trinajstić information content (AvgIpc) is 3.39. The molecule has 1 aromatic heterocycles. The van der Waals surface area contributed by atoms with E-state index in [9.17, 15) is 0 Å². The Morgan fingerprint density at radius 2 is 1.89 bits per heavy atom. The number of hydrogen-bond acceptors (Lipinski definition) is 6. The highest BCUT2D eigenvalue weighted by Gasteiger charge is 2.20. The van der Waals surface area contributed by atoms with Crippen LogP contribution in [-0.2, 0) is 0 Å². The quantitative estimate of drug-likeness (QED) is 0.319. The van der Waals surface area contributed by atoms with E-state index in [0.29, 0.717) is 12.6 Å². The number of allylic oxidation sites excluding steroid dienone is 4. The first-order valence-corrected chi connectivity index (χ1v) is 13.3. The smallest absolute Gasteiger partial charge is 0.163 e. The van der Waals surface area contributed by atoms with Crippen molar-refractivity contribution in [3.05, 3.63) is 54.8 Å². The molecule has 3 heterocycles. The predicted molar refractivity (Wildman–Crippen MR) is 151 cm³/mol. The third-order valence-corrected chi connectivity index (χ3v) is 7.27. The summed E-state index contributed by atoms with van der Waals surface area (Å²) in [5.74, 6) is 1.48. The number of nitrogens with zero attached hydrogens (tertiary/aromatic N) is 3. The van der Waals surface area contributed by atoms with E-state index in [-0.39, 0.29) is 0 Å². The van der Waals surface area contributed by atoms with Crippen molar-refractivity contribution in [3.63, 3.8) is 0 Å². The third-order valence-electron chi connectivity index (χ3n) is 7.27. The molecule has 6 heteroatoms. The van der Waals surface area contributed by atoms with E-state index in [4.69, 9.17) is 14.5 Å². The molecule has 2 fully saturated rings. The molecule has 1 aromatic carbocycles. The van der Waals surface area contributed by atoms with Crippen molar-refractivity contribution in [1.82, 2.24) is 14.8 Å². The lowest BCUT2D eigenvalue weighted by Crippen LogP contribution is -2.36. The van der Waals surface area contributed by atoms with Gasteiger partial charge in [0.25, 0.3) is 0 Å². The Bertz CT molecular complexity index is 1100. The van der Waals surface area contributed by atoms with Gasteiger partial charge in [0.15, 0.2) is 11.5 Å². The lowest BCUT2D eigenvalue weighted by atomic mass is 10.0. The van der Waals surface area contributed by atoms with E-state index in [1.54, 1.807) is 13.2 Å². The van der Waals surface area contributed by atoms with E-state index in [0.717, 1.165) is 83.8 Å². The first-order chi connectivity index (χ1) is 17.5. The van der Waals surface area contributed by atoms with Crippen molar-refractivity contribution < 1.29 is 9.47 Å². The van der Waals surface area contributed by atoms with Crippen LogP contribution in [-0.4, -0.2) is 74.3 Å². The fourth-order valence-corrected chi connectivity index (χ4v) is 5.18. The van der Waals surface area contributed by atoms with Gasteiger partial charge in [-0.2, -0.15) is 0 Å². The van der Waals surface area contributed by atoms with Crippen LogP contribution in [0.25, 0.3) is 16.5 Å². The number of pyridine rings is 1. The molecule has 0 amide bonds. The molecule has 4 rings (SSSR count). The second-order valence-corrected chi connectivity index (χ2v) is 10.1. The first kappa shape index (κ1) is 26.2. The molecule has 1 N–H and O–H groups in total. The lowest BCUT2D eigenvalue weighted by molar-refractivity contribution is 0.254. The summed E-state index contributed by atoms with van der Waals surface area (Å²) in [6, 6.07) is 6.65. The maximum Gasteiger partial charge on any atom is 0.163 e. The van der Waals surface area contributed by atoms with Crippen LogP contribution < -0.4 is 14.8 Å². The van der Waals surface area contributed by atoms with E-state index >= 15 is 0 Å². The van der Waals surface area contributed by atoms with Gasteiger partial charge in [0.2, 0.25) is 0 Å². The summed E-state index contributed by atoms with van der Waals surface area (Å²) < 4.78 is 12.0. The minimum atomic E-state index is 0.420. The summed E-state index contributed by atoms with van der Waals surface area (Å²) in [7, 11) is 3.89. The Morgan fingerprint density at radius 1 is 1.14 bits per heavy atom. The van der Waals surface area contributed by atoms with Crippen LogP contribution in [0.3, 0.4) is 0 Å². The van der Waals surface area contributed by atoms with Crippen LogP contribution >= 0.6 is 0 Å². The fourth-order valence-electron chi connectivity index (χ4n) is 5.18. The zero-order chi connectivity index (χ0) is 25.5. The molecular weight excluding hydrogens is 448 g/mol. The molecule has 194 valence electrons. The topological polar surface area (TPSA) is 49.9 Å². The molecular formula is C30H42N4O2. The molecule has 36 heavy (non-hydrogen) atoms. The number of piperidine rings is 1. The lowest BCUT2D eigenvalue weighted by Gasteiger charge is -2.30. The Labute approximate surface area is 216 Å². The summed E-state index contributed by atoms with van der Waals surface area (Å²) in [6.45, 7) is 16.4. The van der Waals surface area contributed by atoms with Crippen LogP contribution in [0.1, 0.15) is 44.7 Å². The van der Waals surface area contributed by atoms with Crippen LogP contribution in [0, 0.1) is 0 Å². The summed E-state index contributed by atoms with van der Waals surface area (Å²) in [4.78, 5) is 9.94. The minimum Gasteiger partial charge on any atom is -0.493 e. The monoisotopic (exact) mass is 490 g/mol. The van der Waals surface area contributed by atoms with Crippen LogP contribution in [0.4, 0.5) is 5.69 Å². The molecule has 0 aliphatic carbocycles. The van der Waals surface area contributed by atoms with Gasteiger partial charge in [-0.3, -0.25) is 0 Å². The van der Waals surface area contributed by atoms with Crippen molar-refractivity contribution in [3.8, 4) is 11.5 Å². The number of ether oxygens (including phenoxy) is 2. The van der Waals surface area contributed by atoms with Crippen LogP contribution in [0.5, 0.6) is 11.5 Å². The van der Waals surface area contributed by atoms with Gasteiger partial charge in [-0.25, -0.2) is 4.98 Å². The number of anilines is 1. The van der Waals surface area contributed by atoms with Crippen molar-refractivity contribution in [2.24, 2.45) is 0 Å². The summed E-state index contributed by atoms with van der Waals surface area (Å²) in [5, 5.41) is 4.86. The molecule has 0 spiro atoms. The average molecular weight is 491 g/mol. The number of hydrogen-bond donors (Lipinski definition) is 1. The Kier molecular flexibility index (Phi) is 9.05. The van der Waals surface area contributed by atoms with Crippen molar-refractivity contribution in [2.45, 2.75) is 45.1 Å².